The molecule has 1 rings (SSSR count). The highest BCUT2D eigenvalue weighted by molar-refractivity contribution is 14.1. The zero-order valence-corrected chi connectivity index (χ0v) is 7.70. The van der Waals surface area contributed by atoms with E-state index >= 15 is 0 Å². The lowest BCUT2D eigenvalue weighted by molar-refractivity contribution is 0.110. The third-order valence-electron chi connectivity index (χ3n) is 1.26. The third kappa shape index (κ3) is 1.77. The molecule has 0 N–H and O–H groups in total. The molecule has 0 aliphatic carbocycles. The van der Waals surface area contributed by atoms with Crippen molar-refractivity contribution in [1.29, 1.82) is 5.26 Å². The van der Waals surface area contributed by atoms with Gasteiger partial charge in [-0.2, -0.15) is 5.26 Å². The number of carbonyl (C=O) groups is 1. The predicted octanol–water partition coefficient (Wildman–Crippen LogP) is 2.13. The van der Waals surface area contributed by atoms with Gasteiger partial charge in [-0.05, 0) is 12.1 Å². The molecule has 0 aliphatic heterocycles. The Morgan fingerprint density at radius 1 is 1.45 bits per heavy atom. The Balaban J connectivity index is 3.26. The Hall–Kier alpha value is -0.890. The molecule has 0 aromatic heterocycles. The van der Waals surface area contributed by atoms with Crippen LogP contribution in [0.1, 0.15) is 15.9 Å². The first kappa shape index (κ1) is 8.21. The van der Waals surface area contributed by atoms with Crippen LogP contribution in [0.25, 0.3) is 0 Å². The van der Waals surface area contributed by atoms with E-state index in [9.17, 15) is 4.79 Å². The largest absolute Gasteiger partial charge is 0.282 e. The van der Waals surface area contributed by atoms with Gasteiger partial charge in [-0.15, -0.1) is 0 Å². The molecule has 0 saturated heterocycles. The molecule has 1 aromatic rings. The number of benzene rings is 1. The van der Waals surface area contributed by atoms with E-state index in [4.69, 9.17) is 5.26 Å². The maximum Gasteiger partial charge on any atom is 0.223 e. The summed E-state index contributed by atoms with van der Waals surface area (Å²) in [6.45, 7) is 0. The SMILES string of the molecule is N#Cc1ccccc1C(=O)I. The number of halogens is 1. The highest BCUT2D eigenvalue weighted by Crippen LogP contribution is 2.10. The molecular weight excluding hydrogens is 253 g/mol. The van der Waals surface area contributed by atoms with Crippen LogP contribution in [0.4, 0.5) is 0 Å². The van der Waals surface area contributed by atoms with Crippen molar-refractivity contribution in [1.82, 2.24) is 0 Å². The Labute approximate surface area is 78.0 Å². The lowest BCUT2D eigenvalue weighted by Gasteiger charge is -1.94. The molecule has 0 atom stereocenters. The van der Waals surface area contributed by atoms with Gasteiger partial charge in [0.05, 0.1) is 11.6 Å². The summed E-state index contributed by atoms with van der Waals surface area (Å²) in [5.74, 6) is 0. The third-order valence-corrected chi connectivity index (χ3v) is 1.84. The van der Waals surface area contributed by atoms with Crippen molar-refractivity contribution in [2.75, 3.05) is 0 Å². The summed E-state index contributed by atoms with van der Waals surface area (Å²) >= 11 is 1.67. The average molecular weight is 257 g/mol. The van der Waals surface area contributed by atoms with Crippen LogP contribution >= 0.6 is 22.6 Å². The molecule has 0 saturated carbocycles. The highest BCUT2D eigenvalue weighted by atomic mass is 127. The van der Waals surface area contributed by atoms with Crippen LogP contribution in [0.15, 0.2) is 24.3 Å². The fourth-order valence-electron chi connectivity index (χ4n) is 0.752. The van der Waals surface area contributed by atoms with Crippen LogP contribution in [0.3, 0.4) is 0 Å². The summed E-state index contributed by atoms with van der Waals surface area (Å²) in [6.07, 6.45) is 0. The van der Waals surface area contributed by atoms with Crippen LogP contribution in [0.5, 0.6) is 0 Å². The van der Waals surface area contributed by atoms with Gasteiger partial charge in [0.1, 0.15) is 0 Å². The van der Waals surface area contributed by atoms with Gasteiger partial charge in [-0.3, -0.25) is 4.79 Å². The Bertz CT molecular complexity index is 327. The second kappa shape index (κ2) is 3.49. The molecule has 54 valence electrons. The monoisotopic (exact) mass is 257 g/mol. The van der Waals surface area contributed by atoms with E-state index in [-0.39, 0.29) is 3.79 Å². The normalized spacial score (nSPS) is 8.73. The van der Waals surface area contributed by atoms with E-state index < -0.39 is 0 Å². The minimum absolute atomic E-state index is 0.0975. The molecule has 0 aliphatic rings. The maximum atomic E-state index is 10.9. The van der Waals surface area contributed by atoms with Gasteiger partial charge in [0, 0.05) is 28.2 Å². The van der Waals surface area contributed by atoms with E-state index in [1.807, 2.05) is 6.07 Å². The van der Waals surface area contributed by atoms with Crippen molar-refractivity contribution < 1.29 is 4.79 Å². The quantitative estimate of drug-likeness (QED) is 0.571. The molecular formula is C8H4INO. The summed E-state index contributed by atoms with van der Waals surface area (Å²) in [5, 5.41) is 8.56. The van der Waals surface area contributed by atoms with Gasteiger partial charge in [0.15, 0.2) is 0 Å². The van der Waals surface area contributed by atoms with Crippen LogP contribution in [0.2, 0.25) is 0 Å². The van der Waals surface area contributed by atoms with Gasteiger partial charge in [-0.25, -0.2) is 0 Å². The van der Waals surface area contributed by atoms with E-state index in [1.54, 1.807) is 46.9 Å². The van der Waals surface area contributed by atoms with E-state index in [1.165, 1.54) is 0 Å². The van der Waals surface area contributed by atoms with Gasteiger partial charge >= 0.3 is 0 Å². The van der Waals surface area contributed by atoms with E-state index in [0.29, 0.717) is 11.1 Å². The Morgan fingerprint density at radius 2 is 2.09 bits per heavy atom. The fourth-order valence-corrected chi connectivity index (χ4v) is 1.22. The minimum atomic E-state index is -0.0975. The van der Waals surface area contributed by atoms with Crippen molar-refractivity contribution in [3.8, 4) is 6.07 Å². The smallest absolute Gasteiger partial charge is 0.223 e. The summed E-state index contributed by atoms with van der Waals surface area (Å²) in [6, 6.07) is 8.71. The molecule has 0 amide bonds. The summed E-state index contributed by atoms with van der Waals surface area (Å²) in [4.78, 5) is 10.9. The number of hydrogen-bond acceptors (Lipinski definition) is 2. The first-order chi connectivity index (χ1) is 5.25. The zero-order chi connectivity index (χ0) is 8.27. The van der Waals surface area contributed by atoms with Crippen molar-refractivity contribution >= 4 is 26.4 Å². The lowest BCUT2D eigenvalue weighted by atomic mass is 10.1. The van der Waals surface area contributed by atoms with Gasteiger partial charge in [0.2, 0.25) is 3.79 Å². The van der Waals surface area contributed by atoms with Crippen molar-refractivity contribution in [2.45, 2.75) is 0 Å². The second-order valence-electron chi connectivity index (χ2n) is 1.93. The van der Waals surface area contributed by atoms with E-state index in [2.05, 4.69) is 0 Å². The molecule has 11 heavy (non-hydrogen) atoms. The molecule has 0 bridgehead atoms. The number of nitrogens with zero attached hydrogens (tertiary/aromatic N) is 1. The number of carbonyl (C=O) groups excluding carboxylic acids is 1. The minimum Gasteiger partial charge on any atom is -0.282 e. The molecule has 0 heterocycles. The van der Waals surface area contributed by atoms with Crippen LogP contribution in [-0.2, 0) is 0 Å². The average Bonchev–Trinajstić information content (AvgIpc) is 2.04. The maximum absolute atomic E-state index is 10.9. The number of hydrogen-bond donors (Lipinski definition) is 0. The van der Waals surface area contributed by atoms with Crippen LogP contribution in [-0.4, -0.2) is 3.79 Å². The molecule has 0 radical (unpaired) electrons. The zero-order valence-electron chi connectivity index (χ0n) is 5.54. The van der Waals surface area contributed by atoms with Crippen molar-refractivity contribution in [3.63, 3.8) is 0 Å². The van der Waals surface area contributed by atoms with Crippen molar-refractivity contribution in [3.05, 3.63) is 35.4 Å². The van der Waals surface area contributed by atoms with Crippen LogP contribution < -0.4 is 0 Å². The highest BCUT2D eigenvalue weighted by Gasteiger charge is 2.05. The fraction of sp³-hybridized carbons (Fsp3) is 0. The summed E-state index contributed by atoms with van der Waals surface area (Å²) in [5.41, 5.74) is 0.919. The molecule has 0 spiro atoms. The number of rotatable bonds is 1. The summed E-state index contributed by atoms with van der Waals surface area (Å²) < 4.78 is -0.0975. The Kier molecular flexibility index (Phi) is 2.60. The van der Waals surface area contributed by atoms with Crippen molar-refractivity contribution in [2.24, 2.45) is 0 Å². The van der Waals surface area contributed by atoms with Crippen LogP contribution in [0, 0.1) is 11.3 Å². The lowest BCUT2D eigenvalue weighted by Crippen LogP contribution is -1.91. The first-order valence-electron chi connectivity index (χ1n) is 2.94. The molecule has 2 nitrogen and oxygen atoms in total. The number of nitriles is 1. The molecule has 0 unspecified atom stereocenters. The molecule has 0 fully saturated rings. The molecule has 1 aromatic carbocycles. The van der Waals surface area contributed by atoms with Gasteiger partial charge < -0.3 is 0 Å². The van der Waals surface area contributed by atoms with E-state index in [0.717, 1.165) is 0 Å². The summed E-state index contributed by atoms with van der Waals surface area (Å²) in [7, 11) is 0. The Morgan fingerprint density at radius 3 is 2.55 bits per heavy atom. The standard InChI is InChI=1S/C8H4INO/c9-8(11)7-4-2-1-3-6(7)5-10/h1-4H. The topological polar surface area (TPSA) is 40.9 Å². The first-order valence-corrected chi connectivity index (χ1v) is 4.02. The van der Waals surface area contributed by atoms with Gasteiger partial charge in [0.25, 0.3) is 0 Å². The molecule has 3 heteroatoms. The second-order valence-corrected chi connectivity index (χ2v) is 2.91. The predicted molar refractivity (Wildman–Crippen MR) is 49.5 cm³/mol. The van der Waals surface area contributed by atoms with Gasteiger partial charge in [-0.1, -0.05) is 12.1 Å².